The van der Waals surface area contributed by atoms with Crippen LogP contribution >= 0.6 is 15.0 Å². The summed E-state index contributed by atoms with van der Waals surface area (Å²) in [6, 6.07) is 4.55. The zero-order chi connectivity index (χ0) is 64.7. The van der Waals surface area contributed by atoms with Crippen LogP contribution in [0.5, 0.6) is 0 Å². The third-order valence-electron chi connectivity index (χ3n) is 17.9. The van der Waals surface area contributed by atoms with Crippen molar-refractivity contribution in [1.82, 2.24) is 9.80 Å². The lowest BCUT2D eigenvalue weighted by Crippen LogP contribution is -2.61. The number of ether oxygens (including phenoxy) is 6. The van der Waals surface area contributed by atoms with Crippen LogP contribution in [0.3, 0.4) is 0 Å². The molecule has 0 aromatic heterocycles. The standard InChI is InChI=1S/C63H97N3O19P2/c1-39-18-14-13-15-19-40(2)53(80-10)36-48-25-21-45(7)63(74,85-48)59(70)60(71)66-29-17-16-20-50(66)61(72)83-54(37-51(67)41(3)33-44(6)57(69)58(82-12)56(68)43(5)32-39)42(4)34-46-22-28-52(55(35-46)81-11)84-62(73)65(9)31-30-64(8)47-23-26-49(27-24-47)86(75,76)38-87(77,78)79/h13-15,18-19,23-24,26-27,33,39,41-43,45-46,48,50,52-55,57-58,69,74H,16-17,20-22,25,28-32,34-38H2,1-12H3,(H,75,76)(H2,77,78,79)/b15-13+,18-14+,40-19+,44-33+/t39-,41-,42-,43?,45?,46?,48+,50?,52-,53+,54+,55?,57?,58+,63?/m1/s1. The number of cyclic esters (lactones) is 1. The van der Waals surface area contributed by atoms with Crippen LogP contribution in [0.2, 0.25) is 0 Å². The summed E-state index contributed by atoms with van der Waals surface area (Å²) < 4.78 is 60.0. The van der Waals surface area contributed by atoms with Gasteiger partial charge in [0.05, 0.1) is 18.3 Å². The second kappa shape index (κ2) is 32.9. The Kier molecular flexibility index (Phi) is 27.6. The van der Waals surface area contributed by atoms with Crippen molar-refractivity contribution in [3.63, 3.8) is 0 Å². The smallest absolute Gasteiger partial charge is 0.409 e. The van der Waals surface area contributed by atoms with Gasteiger partial charge in [0.1, 0.15) is 42.1 Å². The maximum absolute atomic E-state index is 14.7. The van der Waals surface area contributed by atoms with Crippen LogP contribution in [0, 0.1) is 35.5 Å². The Morgan fingerprint density at radius 3 is 2.16 bits per heavy atom. The first-order valence-electron chi connectivity index (χ1n) is 30.4. The summed E-state index contributed by atoms with van der Waals surface area (Å²) >= 11 is 0. The molecule has 16 atom stereocenters. The minimum Gasteiger partial charge on any atom is -0.460 e. The van der Waals surface area contributed by atoms with Crippen LogP contribution in [0.25, 0.3) is 0 Å². The molecule has 2 bridgehead atoms. The molecule has 4 aliphatic rings. The molecule has 2 amide bonds. The molecule has 2 saturated heterocycles. The number of aliphatic hydroxyl groups is 2. The Hall–Kier alpha value is -4.70. The summed E-state index contributed by atoms with van der Waals surface area (Å²) in [6.45, 7) is 13.1. The van der Waals surface area contributed by atoms with Crippen molar-refractivity contribution in [3.05, 3.63) is 71.9 Å². The van der Waals surface area contributed by atoms with Crippen molar-refractivity contribution in [2.75, 3.05) is 65.9 Å². The first kappa shape index (κ1) is 73.0. The van der Waals surface area contributed by atoms with Crippen molar-refractivity contribution in [3.8, 4) is 0 Å². The zero-order valence-corrected chi connectivity index (χ0v) is 54.6. The van der Waals surface area contributed by atoms with E-state index < -0.39 is 123 Å². The highest BCUT2D eigenvalue weighted by atomic mass is 31.2. The number of carbonyl (C=O) groups is 6. The normalized spacial score (nSPS) is 34.0. The van der Waals surface area contributed by atoms with Crippen molar-refractivity contribution < 1.29 is 91.2 Å². The number of anilines is 1. The Morgan fingerprint density at radius 2 is 1.52 bits per heavy atom. The van der Waals surface area contributed by atoms with Crippen LogP contribution < -0.4 is 10.2 Å². The third-order valence-corrected chi connectivity index (χ3v) is 22.0. The van der Waals surface area contributed by atoms with E-state index >= 15 is 0 Å². The summed E-state index contributed by atoms with van der Waals surface area (Å²) in [4.78, 5) is 119. The van der Waals surface area contributed by atoms with Crippen LogP contribution in [-0.2, 0) is 61.5 Å². The van der Waals surface area contributed by atoms with E-state index in [1.165, 1.54) is 31.3 Å². The third kappa shape index (κ3) is 20.4. The minimum atomic E-state index is -4.75. The quantitative estimate of drug-likeness (QED) is 0.0523. The maximum atomic E-state index is 14.7. The number of esters is 1. The summed E-state index contributed by atoms with van der Waals surface area (Å²) in [5.74, 6) is -9.99. The molecule has 0 spiro atoms. The summed E-state index contributed by atoms with van der Waals surface area (Å²) in [5.41, 5.74) is 1.81. The van der Waals surface area contributed by atoms with Crippen molar-refractivity contribution >= 4 is 61.3 Å². The van der Waals surface area contributed by atoms with Crippen LogP contribution in [0.15, 0.2) is 71.9 Å². The molecule has 5 N–H and O–H groups in total. The average Bonchev–Trinajstić information content (AvgIpc) is 1.93. The SMILES string of the molecule is COC1CC(C[C@@H](C)[C@@H]2CC(=O)[C@H](C)/C=C(\C)C(O)[C@@H](OC)C(=O)C(C)C[C@H](C)/C=C/C=C/C=C(\C)[C@@H](OC)C[C@@H]3CCC(C)C(O)(O3)C(=O)C(=O)N3CCCCC3C(=O)O2)CC[C@H]1OC(=O)N(C)CCN(C)c1ccc(P(=O)(O)CP(=O)(O)O)cc1. The van der Waals surface area contributed by atoms with Crippen molar-refractivity contribution in [2.45, 2.75) is 180 Å². The molecule has 3 aliphatic heterocycles. The van der Waals surface area contributed by atoms with E-state index in [0.717, 1.165) is 10.5 Å². The number of amides is 2. The van der Waals surface area contributed by atoms with Crippen molar-refractivity contribution in [2.24, 2.45) is 35.5 Å². The average molecular weight is 1260 g/mol. The number of rotatable bonds is 14. The molecule has 0 radical (unpaired) electrons. The van der Waals surface area contributed by atoms with Gasteiger partial charge in [0, 0.05) is 96.6 Å². The molecular formula is C63H97N3O19P2. The first-order valence-corrected chi connectivity index (χ1v) is 34.1. The fourth-order valence-corrected chi connectivity index (χ4v) is 15.5. The molecule has 3 heterocycles. The predicted molar refractivity (Wildman–Crippen MR) is 328 cm³/mol. The number of methoxy groups -OCH3 is 3. The Labute approximate surface area is 513 Å². The molecular weight excluding hydrogens is 1160 g/mol. The van der Waals surface area contributed by atoms with Gasteiger partial charge < -0.3 is 68.0 Å². The monoisotopic (exact) mass is 1260 g/mol. The van der Waals surface area contributed by atoms with Crippen molar-refractivity contribution in [1.29, 1.82) is 0 Å². The summed E-state index contributed by atoms with van der Waals surface area (Å²) in [5, 5.41) is 23.6. The number of piperidine rings is 1. The highest BCUT2D eigenvalue weighted by Gasteiger charge is 2.53. The number of nitrogens with zero attached hydrogens (tertiary/aromatic N) is 3. The maximum Gasteiger partial charge on any atom is 0.409 e. The van der Waals surface area contributed by atoms with Gasteiger partial charge in [0.2, 0.25) is 13.2 Å². The van der Waals surface area contributed by atoms with Gasteiger partial charge >= 0.3 is 19.7 Å². The lowest BCUT2D eigenvalue weighted by Gasteiger charge is -2.42. The highest BCUT2D eigenvalue weighted by molar-refractivity contribution is 7.77. The largest absolute Gasteiger partial charge is 0.460 e. The van der Waals surface area contributed by atoms with Gasteiger partial charge in [-0.05, 0) is 131 Å². The number of ketones is 3. The number of likely N-dealkylation sites (N-methyl/N-ethyl adjacent to an activating group) is 2. The number of hydrogen-bond acceptors (Lipinski definition) is 17. The number of carbonyl (C=O) groups excluding carboxylic acids is 6. The van der Waals surface area contributed by atoms with Gasteiger partial charge in [-0.1, -0.05) is 71.1 Å². The first-order chi connectivity index (χ1) is 40.8. The number of fused-ring (bicyclic) bond motifs is 3. The molecule has 1 aromatic carbocycles. The minimum absolute atomic E-state index is 0.0231. The predicted octanol–water partition coefficient (Wildman–Crippen LogP) is 7.42. The Bertz CT molecular complexity index is 2750. The highest BCUT2D eigenvalue weighted by Crippen LogP contribution is 2.54. The fourth-order valence-electron chi connectivity index (χ4n) is 12.2. The van der Waals surface area contributed by atoms with E-state index in [1.807, 2.05) is 51.2 Å². The van der Waals surface area contributed by atoms with Gasteiger partial charge in [0.25, 0.3) is 11.7 Å². The number of benzene rings is 1. The molecule has 87 heavy (non-hydrogen) atoms. The number of hydrogen-bond donors (Lipinski definition) is 5. The molecule has 1 aliphatic carbocycles. The lowest BCUT2D eigenvalue weighted by atomic mass is 9.78. The molecule has 488 valence electrons. The second-order valence-electron chi connectivity index (χ2n) is 24.8. The molecule has 8 unspecified atom stereocenters. The Balaban J connectivity index is 1.36. The second-order valence-corrected chi connectivity index (χ2v) is 29.2. The van der Waals surface area contributed by atoms with Crippen LogP contribution in [0.4, 0.5) is 10.5 Å². The molecule has 1 saturated carbocycles. The van der Waals surface area contributed by atoms with E-state index in [4.69, 9.17) is 28.4 Å². The fraction of sp³-hybridized carbons (Fsp3) is 0.683. The van der Waals surface area contributed by atoms with Gasteiger partial charge in [-0.2, -0.15) is 0 Å². The number of aliphatic hydroxyl groups excluding tert-OH is 1. The summed E-state index contributed by atoms with van der Waals surface area (Å²) in [6.07, 6.45) is 8.97. The van der Waals surface area contributed by atoms with E-state index in [0.29, 0.717) is 75.6 Å². The molecule has 24 heteroatoms. The number of allylic oxidation sites excluding steroid dienone is 6. The molecule has 1 aromatic rings. The van der Waals surface area contributed by atoms with E-state index in [-0.39, 0.29) is 61.1 Å². The molecule has 22 nitrogen and oxygen atoms in total. The topological polar surface area (TPSA) is 303 Å². The Morgan fingerprint density at radius 1 is 0.828 bits per heavy atom. The van der Waals surface area contributed by atoms with E-state index in [1.54, 1.807) is 72.0 Å². The van der Waals surface area contributed by atoms with Crippen LogP contribution in [0.1, 0.15) is 126 Å². The molecule has 5 rings (SSSR count). The molecule has 3 fully saturated rings. The van der Waals surface area contributed by atoms with Gasteiger partial charge in [0.15, 0.2) is 5.78 Å². The van der Waals surface area contributed by atoms with Gasteiger partial charge in [-0.3, -0.25) is 28.3 Å². The van der Waals surface area contributed by atoms with Gasteiger partial charge in [-0.25, -0.2) is 9.59 Å². The van der Waals surface area contributed by atoms with E-state index in [2.05, 4.69) is 0 Å². The summed E-state index contributed by atoms with van der Waals surface area (Å²) in [7, 11) is -1.27. The lowest BCUT2D eigenvalue weighted by molar-refractivity contribution is -0.265. The zero-order valence-electron chi connectivity index (χ0n) is 52.9. The number of Topliss-reactive ketones (excluding diaryl/α,β-unsaturated/α-hetero) is 3. The van der Waals surface area contributed by atoms with Crippen LogP contribution in [-0.4, -0.2) is 186 Å². The van der Waals surface area contributed by atoms with E-state index in [9.17, 15) is 62.8 Å². The van der Waals surface area contributed by atoms with Gasteiger partial charge in [-0.15, -0.1) is 0 Å².